The second kappa shape index (κ2) is 7.56. The minimum absolute atomic E-state index is 0.00275. The van der Waals surface area contributed by atoms with Crippen molar-refractivity contribution in [3.05, 3.63) is 53.2 Å². The molecule has 172 valence electrons. The largest absolute Gasteiger partial charge is 0.503 e. The van der Waals surface area contributed by atoms with Gasteiger partial charge in [-0.05, 0) is 37.6 Å². The van der Waals surface area contributed by atoms with Gasteiger partial charge >= 0.3 is 6.01 Å². The molecule has 4 heterocycles. The zero-order chi connectivity index (χ0) is 23.5. The van der Waals surface area contributed by atoms with E-state index in [4.69, 9.17) is 13.6 Å². The maximum Gasteiger partial charge on any atom is 0.306 e. The summed E-state index contributed by atoms with van der Waals surface area (Å²) < 4.78 is 40.4. The molecule has 1 fully saturated rings. The molecule has 0 bridgehead atoms. The zero-order valence-corrected chi connectivity index (χ0v) is 18.6. The van der Waals surface area contributed by atoms with Gasteiger partial charge in [0.05, 0.1) is 23.1 Å². The summed E-state index contributed by atoms with van der Waals surface area (Å²) in [5.41, 5.74) is 0.375. The van der Waals surface area contributed by atoms with Gasteiger partial charge in [0.25, 0.3) is 5.91 Å². The average Bonchev–Trinajstić information content (AvgIpc) is 3.53. The third-order valence-electron chi connectivity index (χ3n) is 5.85. The number of rotatable bonds is 5. The van der Waals surface area contributed by atoms with Crippen LogP contribution < -0.4 is 4.90 Å². The molecule has 2 unspecified atom stereocenters. The summed E-state index contributed by atoms with van der Waals surface area (Å²) in [6.07, 6.45) is 1.62. The Kier molecular flexibility index (Phi) is 4.91. The third-order valence-corrected chi connectivity index (χ3v) is 6.96. The highest BCUT2D eigenvalue weighted by atomic mass is 32.2. The maximum atomic E-state index is 13.2. The SMILES string of the molecule is Cc1ccc(C(=O)C2=C(O)C(=O)N(c3nc4ccc(S(C)(=O)=O)cc4o3)C2C2CCOC2)o1. The average molecular weight is 472 g/mol. The number of aliphatic hydroxyl groups is 1. The first-order chi connectivity index (χ1) is 15.6. The monoisotopic (exact) mass is 472 g/mol. The molecule has 0 aliphatic carbocycles. The van der Waals surface area contributed by atoms with E-state index >= 15 is 0 Å². The fourth-order valence-corrected chi connectivity index (χ4v) is 4.87. The number of aliphatic hydroxyl groups excluding tert-OH is 1. The molecule has 0 radical (unpaired) electrons. The van der Waals surface area contributed by atoms with Crippen molar-refractivity contribution in [2.45, 2.75) is 24.3 Å². The fraction of sp³-hybridized carbons (Fsp3) is 0.318. The van der Waals surface area contributed by atoms with Gasteiger partial charge in [-0.15, -0.1) is 0 Å². The molecule has 11 heteroatoms. The summed E-state index contributed by atoms with van der Waals surface area (Å²) in [6.45, 7) is 2.40. The van der Waals surface area contributed by atoms with Crippen molar-refractivity contribution in [2.75, 3.05) is 24.4 Å². The lowest BCUT2D eigenvalue weighted by molar-refractivity contribution is -0.117. The number of oxazole rings is 1. The van der Waals surface area contributed by atoms with Crippen LogP contribution in [0.25, 0.3) is 11.1 Å². The van der Waals surface area contributed by atoms with Crippen LogP contribution in [-0.4, -0.2) is 55.7 Å². The number of carbonyl (C=O) groups is 2. The molecule has 33 heavy (non-hydrogen) atoms. The predicted molar refractivity (Wildman–Crippen MR) is 115 cm³/mol. The van der Waals surface area contributed by atoms with Crippen molar-refractivity contribution >= 4 is 38.6 Å². The smallest absolute Gasteiger partial charge is 0.306 e. The molecular formula is C22H20N2O8S. The van der Waals surface area contributed by atoms with Crippen LogP contribution in [0.4, 0.5) is 6.01 Å². The highest BCUT2D eigenvalue weighted by molar-refractivity contribution is 7.90. The third kappa shape index (κ3) is 3.53. The number of furan rings is 1. The molecule has 2 aromatic heterocycles. The molecule has 1 amide bonds. The van der Waals surface area contributed by atoms with Gasteiger partial charge < -0.3 is 18.7 Å². The summed E-state index contributed by atoms with van der Waals surface area (Å²) in [5.74, 6) is -1.93. The lowest BCUT2D eigenvalue weighted by Crippen LogP contribution is -2.42. The van der Waals surface area contributed by atoms with Gasteiger partial charge in [0.15, 0.2) is 26.9 Å². The number of ether oxygens (including phenoxy) is 1. The molecule has 1 saturated heterocycles. The maximum absolute atomic E-state index is 13.2. The Morgan fingerprint density at radius 2 is 2.00 bits per heavy atom. The minimum atomic E-state index is -3.48. The Morgan fingerprint density at radius 1 is 1.21 bits per heavy atom. The molecule has 5 rings (SSSR count). The van der Waals surface area contributed by atoms with Gasteiger partial charge in [0.2, 0.25) is 5.78 Å². The molecule has 1 N–H and O–H groups in total. The number of hydrogen-bond acceptors (Lipinski definition) is 9. The number of hydrogen-bond donors (Lipinski definition) is 1. The Hall–Kier alpha value is -3.44. The number of benzene rings is 1. The van der Waals surface area contributed by atoms with E-state index in [9.17, 15) is 23.1 Å². The Balaban J connectivity index is 1.61. The van der Waals surface area contributed by atoms with E-state index in [-0.39, 0.29) is 40.4 Å². The summed E-state index contributed by atoms with van der Waals surface area (Å²) in [7, 11) is -3.48. The van der Waals surface area contributed by atoms with Crippen LogP contribution in [0.2, 0.25) is 0 Å². The van der Waals surface area contributed by atoms with Crippen LogP contribution in [0.5, 0.6) is 0 Å². The van der Waals surface area contributed by atoms with Crippen molar-refractivity contribution in [1.29, 1.82) is 0 Å². The number of aryl methyl sites for hydroxylation is 1. The van der Waals surface area contributed by atoms with E-state index in [1.54, 1.807) is 13.0 Å². The number of Topliss-reactive ketones (excluding diaryl/α,β-unsaturated/α-hetero) is 1. The second-order valence-corrected chi connectivity index (χ2v) is 10.2. The van der Waals surface area contributed by atoms with Crippen molar-refractivity contribution in [1.82, 2.24) is 4.98 Å². The molecule has 1 aromatic carbocycles. The van der Waals surface area contributed by atoms with Gasteiger partial charge in [-0.2, -0.15) is 4.98 Å². The topological polar surface area (TPSA) is 140 Å². The second-order valence-electron chi connectivity index (χ2n) is 8.14. The normalized spacial score (nSPS) is 21.5. The van der Waals surface area contributed by atoms with Gasteiger partial charge in [-0.1, -0.05) is 0 Å². The van der Waals surface area contributed by atoms with E-state index < -0.39 is 33.3 Å². The quantitative estimate of drug-likeness (QED) is 0.555. The number of amides is 1. The fourth-order valence-electron chi connectivity index (χ4n) is 4.24. The van der Waals surface area contributed by atoms with Gasteiger partial charge in [0, 0.05) is 24.8 Å². The van der Waals surface area contributed by atoms with Crippen LogP contribution in [0.3, 0.4) is 0 Å². The first kappa shape index (κ1) is 21.4. The van der Waals surface area contributed by atoms with Crippen LogP contribution in [0.15, 0.2) is 55.4 Å². The Morgan fingerprint density at radius 3 is 2.64 bits per heavy atom. The molecule has 0 spiro atoms. The first-order valence-electron chi connectivity index (χ1n) is 10.2. The van der Waals surface area contributed by atoms with Gasteiger partial charge in [0.1, 0.15) is 11.3 Å². The van der Waals surface area contributed by atoms with Crippen LogP contribution in [0.1, 0.15) is 22.7 Å². The number of aromatic nitrogens is 1. The summed E-state index contributed by atoms with van der Waals surface area (Å²) in [5, 5.41) is 10.7. The summed E-state index contributed by atoms with van der Waals surface area (Å²) >= 11 is 0. The Labute approximate surface area is 188 Å². The predicted octanol–water partition coefficient (Wildman–Crippen LogP) is 2.58. The lowest BCUT2D eigenvalue weighted by Gasteiger charge is -2.27. The van der Waals surface area contributed by atoms with E-state index in [2.05, 4.69) is 4.98 Å². The number of carbonyl (C=O) groups excluding carboxylic acids is 2. The van der Waals surface area contributed by atoms with Crippen LogP contribution >= 0.6 is 0 Å². The van der Waals surface area contributed by atoms with Gasteiger partial charge in [-0.3, -0.25) is 14.5 Å². The van der Waals surface area contributed by atoms with Crippen molar-refractivity contribution in [2.24, 2.45) is 5.92 Å². The summed E-state index contributed by atoms with van der Waals surface area (Å²) in [4.78, 5) is 31.9. The molecule has 3 aromatic rings. The highest BCUT2D eigenvalue weighted by Gasteiger charge is 2.50. The number of ketones is 1. The minimum Gasteiger partial charge on any atom is -0.503 e. The van der Waals surface area contributed by atoms with E-state index in [1.165, 1.54) is 24.3 Å². The molecule has 2 aliphatic heterocycles. The van der Waals surface area contributed by atoms with Crippen LogP contribution in [-0.2, 0) is 19.4 Å². The molecule has 10 nitrogen and oxygen atoms in total. The van der Waals surface area contributed by atoms with E-state index in [0.29, 0.717) is 24.3 Å². The summed E-state index contributed by atoms with van der Waals surface area (Å²) in [6, 6.07) is 6.25. The van der Waals surface area contributed by atoms with Crippen molar-refractivity contribution in [3.8, 4) is 0 Å². The number of fused-ring (bicyclic) bond motifs is 1. The van der Waals surface area contributed by atoms with Gasteiger partial charge in [-0.25, -0.2) is 8.42 Å². The molecule has 2 aliphatic rings. The first-order valence-corrected chi connectivity index (χ1v) is 12.1. The molecular weight excluding hydrogens is 452 g/mol. The van der Waals surface area contributed by atoms with E-state index in [0.717, 1.165) is 11.2 Å². The Bertz CT molecular complexity index is 1430. The number of nitrogens with zero attached hydrogens (tertiary/aromatic N) is 2. The van der Waals surface area contributed by atoms with E-state index in [1.807, 2.05) is 0 Å². The zero-order valence-electron chi connectivity index (χ0n) is 17.8. The van der Waals surface area contributed by atoms with Crippen molar-refractivity contribution < 1.29 is 36.7 Å². The number of anilines is 1. The van der Waals surface area contributed by atoms with Crippen molar-refractivity contribution in [3.63, 3.8) is 0 Å². The van der Waals surface area contributed by atoms with Crippen LogP contribution in [0, 0.1) is 12.8 Å². The highest BCUT2D eigenvalue weighted by Crippen LogP contribution is 2.39. The lowest BCUT2D eigenvalue weighted by atomic mass is 9.90. The standard InChI is InChI=1S/C22H20N2O8S/c1-11-3-6-15(31-11)19(25)17-18(12-7-8-30-10-12)24(21(27)20(17)26)22-23-14-5-4-13(33(2,28)29)9-16(14)32-22/h3-6,9,12,18,26H,7-8,10H2,1-2H3. The molecule has 0 saturated carbocycles. The number of sulfone groups is 1. The molecule has 2 atom stereocenters.